The van der Waals surface area contributed by atoms with Gasteiger partial charge in [0.1, 0.15) is 22.5 Å². The summed E-state index contributed by atoms with van der Waals surface area (Å²) in [5.74, 6) is 0.244. The average molecular weight is 321 g/mol. The van der Waals surface area contributed by atoms with Gasteiger partial charge in [0, 0.05) is 37.9 Å². The molecule has 1 aliphatic rings. The fourth-order valence-electron chi connectivity index (χ4n) is 2.27. The highest BCUT2D eigenvalue weighted by atomic mass is 32.2. The molecule has 8 nitrogen and oxygen atoms in total. The molecular weight excluding hydrogens is 306 g/mol. The van der Waals surface area contributed by atoms with Crippen LogP contribution < -0.4 is 5.73 Å². The molecule has 3 rings (SSSR count). The topological polar surface area (TPSA) is 111 Å². The fourth-order valence-corrected chi connectivity index (χ4v) is 3.66. The van der Waals surface area contributed by atoms with Gasteiger partial charge < -0.3 is 10.5 Å². The minimum absolute atomic E-state index is 0.139. The second-order valence-corrected chi connectivity index (χ2v) is 6.68. The van der Waals surface area contributed by atoms with Crippen molar-refractivity contribution in [1.29, 1.82) is 0 Å². The third-order valence-corrected chi connectivity index (χ3v) is 5.21. The minimum atomic E-state index is -3.61. The lowest BCUT2D eigenvalue weighted by Gasteiger charge is -2.31. The van der Waals surface area contributed by atoms with E-state index in [2.05, 4.69) is 15.0 Å². The van der Waals surface area contributed by atoms with Gasteiger partial charge in [-0.05, 0) is 12.1 Å². The van der Waals surface area contributed by atoms with Crippen molar-refractivity contribution in [1.82, 2.24) is 19.3 Å². The van der Waals surface area contributed by atoms with Gasteiger partial charge in [0.25, 0.3) is 0 Å². The van der Waals surface area contributed by atoms with Crippen molar-refractivity contribution in [2.24, 2.45) is 0 Å². The Hall–Kier alpha value is -2.10. The molecule has 0 aromatic carbocycles. The molecule has 0 spiro atoms. The number of aromatic nitrogens is 3. The summed E-state index contributed by atoms with van der Waals surface area (Å²) in [5.41, 5.74) is 6.24. The SMILES string of the molecule is Nc1nccnc1[C@@H]1CN(S(=O)(=O)c2cccnc2)CCO1. The van der Waals surface area contributed by atoms with E-state index in [9.17, 15) is 8.42 Å². The quantitative estimate of drug-likeness (QED) is 0.860. The van der Waals surface area contributed by atoms with Crippen LogP contribution in [0.3, 0.4) is 0 Å². The monoisotopic (exact) mass is 321 g/mol. The molecule has 9 heteroatoms. The van der Waals surface area contributed by atoms with Gasteiger partial charge in [0.05, 0.1) is 6.61 Å². The molecule has 22 heavy (non-hydrogen) atoms. The molecule has 2 N–H and O–H groups in total. The van der Waals surface area contributed by atoms with E-state index in [0.29, 0.717) is 5.69 Å². The normalized spacial score (nSPS) is 19.9. The number of rotatable bonds is 3. The highest BCUT2D eigenvalue weighted by Gasteiger charge is 2.33. The Bertz CT molecular complexity index is 753. The number of nitrogens with zero attached hydrogens (tertiary/aromatic N) is 4. The van der Waals surface area contributed by atoms with E-state index >= 15 is 0 Å². The van der Waals surface area contributed by atoms with Crippen molar-refractivity contribution in [2.45, 2.75) is 11.0 Å². The number of ether oxygens (including phenoxy) is 1. The first-order valence-electron chi connectivity index (χ1n) is 6.67. The maximum absolute atomic E-state index is 12.6. The second-order valence-electron chi connectivity index (χ2n) is 4.74. The Kier molecular flexibility index (Phi) is 4.01. The number of pyridine rings is 1. The van der Waals surface area contributed by atoms with Crippen molar-refractivity contribution in [3.8, 4) is 0 Å². The first-order chi connectivity index (χ1) is 10.6. The number of morpholine rings is 1. The summed E-state index contributed by atoms with van der Waals surface area (Å²) in [7, 11) is -3.61. The molecule has 1 fully saturated rings. The molecule has 0 unspecified atom stereocenters. The first kappa shape index (κ1) is 14.8. The predicted octanol–water partition coefficient (Wildman–Crippen LogP) is 0.216. The maximum Gasteiger partial charge on any atom is 0.244 e. The highest BCUT2D eigenvalue weighted by molar-refractivity contribution is 7.89. The summed E-state index contributed by atoms with van der Waals surface area (Å²) >= 11 is 0. The molecular formula is C13H15N5O3S. The van der Waals surface area contributed by atoms with Gasteiger partial charge in [-0.2, -0.15) is 4.31 Å². The smallest absolute Gasteiger partial charge is 0.244 e. The van der Waals surface area contributed by atoms with Crippen LogP contribution in [-0.2, 0) is 14.8 Å². The van der Waals surface area contributed by atoms with Crippen LogP contribution in [0.1, 0.15) is 11.8 Å². The maximum atomic E-state index is 12.6. The molecule has 1 atom stereocenters. The summed E-state index contributed by atoms with van der Waals surface area (Å²) in [5, 5.41) is 0. The van der Waals surface area contributed by atoms with Crippen molar-refractivity contribution >= 4 is 15.8 Å². The van der Waals surface area contributed by atoms with E-state index in [1.54, 1.807) is 6.07 Å². The summed E-state index contributed by atoms with van der Waals surface area (Å²) in [6.07, 6.45) is 5.31. The van der Waals surface area contributed by atoms with E-state index in [1.807, 2.05) is 0 Å². The molecule has 0 saturated carbocycles. The van der Waals surface area contributed by atoms with Gasteiger partial charge in [0.2, 0.25) is 10.0 Å². The molecule has 0 bridgehead atoms. The van der Waals surface area contributed by atoms with Gasteiger partial charge in [-0.3, -0.25) is 9.97 Å². The number of sulfonamides is 1. The van der Waals surface area contributed by atoms with E-state index in [0.717, 1.165) is 0 Å². The van der Waals surface area contributed by atoms with Crippen LogP contribution in [0.5, 0.6) is 0 Å². The molecule has 3 heterocycles. The van der Waals surface area contributed by atoms with Gasteiger partial charge in [-0.25, -0.2) is 13.4 Å². The zero-order valence-corrected chi connectivity index (χ0v) is 12.5. The van der Waals surface area contributed by atoms with Gasteiger partial charge >= 0.3 is 0 Å². The van der Waals surface area contributed by atoms with Gasteiger partial charge in [0.15, 0.2) is 0 Å². The number of hydrogen-bond donors (Lipinski definition) is 1. The Labute approximate surface area is 128 Å². The van der Waals surface area contributed by atoms with Crippen LogP contribution in [-0.4, -0.2) is 47.4 Å². The zero-order chi connectivity index (χ0) is 15.6. The Morgan fingerprint density at radius 1 is 1.27 bits per heavy atom. The predicted molar refractivity (Wildman–Crippen MR) is 78.1 cm³/mol. The molecule has 2 aromatic heterocycles. The lowest BCUT2D eigenvalue weighted by molar-refractivity contribution is -0.00466. The third-order valence-electron chi connectivity index (χ3n) is 3.36. The standard InChI is InChI=1S/C13H15N5O3S/c14-13-12(16-4-5-17-13)11-9-18(6-7-21-11)22(19,20)10-2-1-3-15-8-10/h1-5,8,11H,6-7,9H2,(H2,14,17)/t11-/m0/s1. The largest absolute Gasteiger partial charge is 0.382 e. The van der Waals surface area contributed by atoms with Crippen molar-refractivity contribution < 1.29 is 13.2 Å². The minimum Gasteiger partial charge on any atom is -0.382 e. The molecule has 0 radical (unpaired) electrons. The molecule has 0 amide bonds. The molecule has 2 aromatic rings. The van der Waals surface area contributed by atoms with Crippen LogP contribution in [0.15, 0.2) is 41.8 Å². The van der Waals surface area contributed by atoms with E-state index in [4.69, 9.17) is 10.5 Å². The molecule has 1 aliphatic heterocycles. The second kappa shape index (κ2) is 5.95. The van der Waals surface area contributed by atoms with Crippen LogP contribution in [0.25, 0.3) is 0 Å². The highest BCUT2D eigenvalue weighted by Crippen LogP contribution is 2.27. The van der Waals surface area contributed by atoms with E-state index < -0.39 is 16.1 Å². The summed E-state index contributed by atoms with van der Waals surface area (Å²) < 4.78 is 32.2. The van der Waals surface area contributed by atoms with E-state index in [1.165, 1.54) is 35.2 Å². The van der Waals surface area contributed by atoms with Crippen LogP contribution in [0.4, 0.5) is 5.82 Å². The van der Waals surface area contributed by atoms with Crippen LogP contribution in [0, 0.1) is 0 Å². The summed E-state index contributed by atoms with van der Waals surface area (Å²) in [6.45, 7) is 0.675. The summed E-state index contributed by atoms with van der Waals surface area (Å²) in [4.78, 5) is 12.1. The lowest BCUT2D eigenvalue weighted by Crippen LogP contribution is -2.42. The number of nitrogens with two attached hydrogens (primary N) is 1. The Morgan fingerprint density at radius 3 is 2.82 bits per heavy atom. The van der Waals surface area contributed by atoms with Gasteiger partial charge in [-0.15, -0.1) is 0 Å². The third kappa shape index (κ3) is 2.78. The number of anilines is 1. The van der Waals surface area contributed by atoms with E-state index in [-0.39, 0.29) is 30.4 Å². The van der Waals surface area contributed by atoms with Crippen LogP contribution >= 0.6 is 0 Å². The Balaban J connectivity index is 1.86. The van der Waals surface area contributed by atoms with Crippen LogP contribution in [0.2, 0.25) is 0 Å². The Morgan fingerprint density at radius 2 is 2.09 bits per heavy atom. The number of hydrogen-bond acceptors (Lipinski definition) is 7. The first-order valence-corrected chi connectivity index (χ1v) is 8.11. The van der Waals surface area contributed by atoms with Gasteiger partial charge in [-0.1, -0.05) is 0 Å². The average Bonchev–Trinajstić information content (AvgIpc) is 2.56. The van der Waals surface area contributed by atoms with Crippen molar-refractivity contribution in [2.75, 3.05) is 25.4 Å². The van der Waals surface area contributed by atoms with Crippen molar-refractivity contribution in [3.63, 3.8) is 0 Å². The molecule has 116 valence electrons. The lowest BCUT2D eigenvalue weighted by atomic mass is 10.2. The molecule has 1 saturated heterocycles. The number of nitrogen functional groups attached to an aromatic ring is 1. The van der Waals surface area contributed by atoms with Crippen molar-refractivity contribution in [3.05, 3.63) is 42.6 Å². The summed E-state index contributed by atoms with van der Waals surface area (Å²) in [6, 6.07) is 3.11. The fraction of sp³-hybridized carbons (Fsp3) is 0.308. The molecule has 0 aliphatic carbocycles. The zero-order valence-electron chi connectivity index (χ0n) is 11.7.